The second-order valence-corrected chi connectivity index (χ2v) is 8.12. The van der Waals surface area contributed by atoms with Crippen LogP contribution >= 0.6 is 0 Å². The van der Waals surface area contributed by atoms with E-state index in [0.717, 1.165) is 56.4 Å². The topological polar surface area (TPSA) is 55.6 Å². The number of amides is 1. The number of carbonyl (C=O) groups is 1. The van der Waals surface area contributed by atoms with Crippen LogP contribution in [0.4, 0.5) is 4.39 Å². The number of halogens is 1. The summed E-state index contributed by atoms with van der Waals surface area (Å²) in [5.74, 6) is -0.707. The Labute approximate surface area is 189 Å². The summed E-state index contributed by atoms with van der Waals surface area (Å²) in [5, 5.41) is 0. The van der Waals surface area contributed by atoms with Crippen molar-refractivity contribution < 1.29 is 13.9 Å². The first kappa shape index (κ1) is 27.3. The maximum absolute atomic E-state index is 14.6. The molecule has 0 aliphatic carbocycles. The highest BCUT2D eigenvalue weighted by Crippen LogP contribution is 2.33. The molecular formula is C26H43FN2O2. The van der Waals surface area contributed by atoms with Crippen LogP contribution in [0.15, 0.2) is 30.9 Å². The summed E-state index contributed by atoms with van der Waals surface area (Å²) >= 11 is 0. The SMILES string of the molecule is C=CCCCCCN1CCC(c2cc(C(CCCOC)C(N)=O)ccc2F)CC1.CC. The first-order chi connectivity index (χ1) is 15.1. The molecule has 1 aliphatic rings. The normalized spacial score (nSPS) is 15.7. The van der Waals surface area contributed by atoms with Crippen LogP contribution in [0.1, 0.15) is 88.2 Å². The van der Waals surface area contributed by atoms with Crippen LogP contribution in [-0.4, -0.2) is 44.2 Å². The van der Waals surface area contributed by atoms with Gasteiger partial charge in [-0.3, -0.25) is 4.79 Å². The van der Waals surface area contributed by atoms with E-state index in [4.69, 9.17) is 10.5 Å². The van der Waals surface area contributed by atoms with E-state index in [9.17, 15) is 9.18 Å². The van der Waals surface area contributed by atoms with Crippen molar-refractivity contribution in [2.24, 2.45) is 5.73 Å². The van der Waals surface area contributed by atoms with Crippen molar-refractivity contribution in [1.82, 2.24) is 4.90 Å². The number of piperidine rings is 1. The Hall–Kier alpha value is -1.72. The van der Waals surface area contributed by atoms with Crippen molar-refractivity contribution in [3.05, 3.63) is 47.8 Å². The fourth-order valence-corrected chi connectivity index (χ4v) is 4.27. The predicted molar refractivity (Wildman–Crippen MR) is 128 cm³/mol. The largest absolute Gasteiger partial charge is 0.385 e. The van der Waals surface area contributed by atoms with Gasteiger partial charge in [0.05, 0.1) is 5.92 Å². The number of allylic oxidation sites excluding steroid dienone is 1. The van der Waals surface area contributed by atoms with Gasteiger partial charge >= 0.3 is 0 Å². The van der Waals surface area contributed by atoms with Gasteiger partial charge in [0, 0.05) is 13.7 Å². The van der Waals surface area contributed by atoms with Crippen molar-refractivity contribution in [3.8, 4) is 0 Å². The molecule has 1 heterocycles. The molecule has 0 bridgehead atoms. The van der Waals surface area contributed by atoms with Crippen LogP contribution in [0.3, 0.4) is 0 Å². The second-order valence-electron chi connectivity index (χ2n) is 8.12. The number of rotatable bonds is 13. The first-order valence-electron chi connectivity index (χ1n) is 12.0. The molecule has 2 rings (SSSR count). The van der Waals surface area contributed by atoms with Gasteiger partial charge in [0.25, 0.3) is 0 Å². The molecular weight excluding hydrogens is 391 g/mol. The molecule has 1 aliphatic heterocycles. The lowest BCUT2D eigenvalue weighted by molar-refractivity contribution is -0.119. The van der Waals surface area contributed by atoms with Gasteiger partial charge in [-0.05, 0) is 87.7 Å². The van der Waals surface area contributed by atoms with E-state index in [1.54, 1.807) is 13.2 Å². The number of hydrogen-bond donors (Lipinski definition) is 1. The summed E-state index contributed by atoms with van der Waals surface area (Å²) in [5.41, 5.74) is 7.20. The van der Waals surface area contributed by atoms with Crippen molar-refractivity contribution in [1.29, 1.82) is 0 Å². The first-order valence-corrected chi connectivity index (χ1v) is 12.0. The van der Waals surface area contributed by atoms with Crippen LogP contribution in [0.5, 0.6) is 0 Å². The Morgan fingerprint density at radius 2 is 1.97 bits per heavy atom. The van der Waals surface area contributed by atoms with Crippen LogP contribution in [0.2, 0.25) is 0 Å². The molecule has 1 fully saturated rings. The fourth-order valence-electron chi connectivity index (χ4n) is 4.27. The number of unbranched alkanes of at least 4 members (excludes halogenated alkanes) is 3. The molecule has 1 atom stereocenters. The summed E-state index contributed by atoms with van der Waals surface area (Å²) in [6.45, 7) is 11.5. The molecule has 176 valence electrons. The zero-order chi connectivity index (χ0) is 23.1. The van der Waals surface area contributed by atoms with E-state index in [-0.39, 0.29) is 23.6 Å². The number of methoxy groups -OCH3 is 1. The summed E-state index contributed by atoms with van der Waals surface area (Å²) in [6.07, 6.45) is 10.0. The van der Waals surface area contributed by atoms with Crippen LogP contribution < -0.4 is 5.73 Å². The second kappa shape index (κ2) is 16.0. The quantitative estimate of drug-likeness (QED) is 0.317. The molecule has 1 amide bonds. The molecule has 0 aromatic heterocycles. The minimum absolute atomic E-state index is 0.170. The molecule has 4 nitrogen and oxygen atoms in total. The number of benzene rings is 1. The standard InChI is InChI=1S/C24H37FN2O2.C2H6/c1-3-4-5-6-7-14-27-15-12-19(13-16-27)22-18-20(10-11-23(22)25)21(24(26)28)9-8-17-29-2;1-2/h3,10-11,18-19,21H,1,4-9,12-17H2,2H3,(H2,26,28);1-2H3. The lowest BCUT2D eigenvalue weighted by atomic mass is 9.85. The highest BCUT2D eigenvalue weighted by molar-refractivity contribution is 5.81. The van der Waals surface area contributed by atoms with Crippen molar-refractivity contribution in [2.45, 2.75) is 77.0 Å². The van der Waals surface area contributed by atoms with Gasteiger partial charge in [-0.1, -0.05) is 38.5 Å². The van der Waals surface area contributed by atoms with E-state index in [1.807, 2.05) is 26.0 Å². The number of ether oxygens (including phenoxy) is 1. The summed E-state index contributed by atoms with van der Waals surface area (Å²) in [6, 6.07) is 5.09. The summed E-state index contributed by atoms with van der Waals surface area (Å²) in [7, 11) is 1.64. The minimum Gasteiger partial charge on any atom is -0.385 e. The van der Waals surface area contributed by atoms with Gasteiger partial charge in [-0.2, -0.15) is 0 Å². The third kappa shape index (κ3) is 9.53. The average molecular weight is 435 g/mol. The molecule has 2 N–H and O–H groups in total. The van der Waals surface area contributed by atoms with Gasteiger partial charge in [0.1, 0.15) is 5.82 Å². The number of nitrogens with zero attached hydrogens (tertiary/aromatic N) is 1. The number of hydrogen-bond acceptors (Lipinski definition) is 3. The molecule has 1 aromatic rings. The number of likely N-dealkylation sites (tertiary alicyclic amines) is 1. The molecule has 31 heavy (non-hydrogen) atoms. The number of primary amides is 1. The van der Waals surface area contributed by atoms with Gasteiger partial charge in [0.2, 0.25) is 5.91 Å². The maximum atomic E-state index is 14.6. The highest BCUT2D eigenvalue weighted by atomic mass is 19.1. The van der Waals surface area contributed by atoms with E-state index >= 15 is 0 Å². The zero-order valence-electron chi connectivity index (χ0n) is 19.9. The molecule has 0 radical (unpaired) electrons. The molecule has 5 heteroatoms. The van der Waals surface area contributed by atoms with Gasteiger partial charge in [0.15, 0.2) is 0 Å². The van der Waals surface area contributed by atoms with Gasteiger partial charge in [-0.15, -0.1) is 6.58 Å². The van der Waals surface area contributed by atoms with Crippen LogP contribution in [-0.2, 0) is 9.53 Å². The Kier molecular flexibility index (Phi) is 14.1. The van der Waals surface area contributed by atoms with E-state index in [1.165, 1.54) is 25.3 Å². The monoisotopic (exact) mass is 434 g/mol. The summed E-state index contributed by atoms with van der Waals surface area (Å²) < 4.78 is 19.7. The lowest BCUT2D eigenvalue weighted by Gasteiger charge is -2.32. The van der Waals surface area contributed by atoms with Gasteiger partial charge < -0.3 is 15.4 Å². The maximum Gasteiger partial charge on any atom is 0.224 e. The predicted octanol–water partition coefficient (Wildman–Crippen LogP) is 5.77. The average Bonchev–Trinajstić information content (AvgIpc) is 2.79. The molecule has 0 spiro atoms. The van der Waals surface area contributed by atoms with Crippen molar-refractivity contribution in [2.75, 3.05) is 33.4 Å². The smallest absolute Gasteiger partial charge is 0.224 e. The Bertz CT molecular complexity index is 642. The Morgan fingerprint density at radius 1 is 1.26 bits per heavy atom. The van der Waals surface area contributed by atoms with Crippen molar-refractivity contribution >= 4 is 5.91 Å². The minimum atomic E-state index is -0.389. The van der Waals surface area contributed by atoms with Crippen LogP contribution in [0.25, 0.3) is 0 Å². The third-order valence-corrected chi connectivity index (χ3v) is 6.02. The Morgan fingerprint density at radius 3 is 2.58 bits per heavy atom. The molecule has 0 saturated carbocycles. The number of carbonyl (C=O) groups excluding carboxylic acids is 1. The molecule has 1 unspecified atom stereocenters. The summed E-state index contributed by atoms with van der Waals surface area (Å²) in [4.78, 5) is 14.4. The molecule has 1 saturated heterocycles. The highest BCUT2D eigenvalue weighted by Gasteiger charge is 2.25. The number of nitrogens with two attached hydrogens (primary N) is 1. The van der Waals surface area contributed by atoms with E-state index < -0.39 is 0 Å². The lowest BCUT2D eigenvalue weighted by Crippen LogP contribution is -2.34. The third-order valence-electron chi connectivity index (χ3n) is 6.02. The van der Waals surface area contributed by atoms with Crippen LogP contribution in [0, 0.1) is 5.82 Å². The van der Waals surface area contributed by atoms with E-state index in [0.29, 0.717) is 13.0 Å². The molecule has 1 aromatic carbocycles. The fraction of sp³-hybridized carbons (Fsp3) is 0.654. The van der Waals surface area contributed by atoms with E-state index in [2.05, 4.69) is 11.5 Å². The van der Waals surface area contributed by atoms with Crippen molar-refractivity contribution in [3.63, 3.8) is 0 Å². The Balaban J connectivity index is 0.00000233. The zero-order valence-corrected chi connectivity index (χ0v) is 19.9. The van der Waals surface area contributed by atoms with Gasteiger partial charge in [-0.25, -0.2) is 4.39 Å².